The second-order valence-corrected chi connectivity index (χ2v) is 9.14. The van der Waals surface area contributed by atoms with Gasteiger partial charge in [-0.15, -0.1) is 0 Å². The molecular formula is C17H30N2O3. The van der Waals surface area contributed by atoms with Crippen LogP contribution in [-0.4, -0.2) is 44.6 Å². The summed E-state index contributed by atoms with van der Waals surface area (Å²) in [5.41, 5.74) is -0.998. The fraction of sp³-hybridized carbons (Fsp3) is 0.882. The van der Waals surface area contributed by atoms with E-state index in [1.54, 1.807) is 0 Å². The number of hydrogen-bond donors (Lipinski definition) is 1. The molecule has 0 aromatic heterocycles. The quantitative estimate of drug-likeness (QED) is 0.797. The summed E-state index contributed by atoms with van der Waals surface area (Å²) in [6.45, 7) is 14.3. The molecule has 5 heteroatoms. The SMILES string of the molecule is CC(C)(C)C1CC(=O)N(CC2CC(C)(C)N(O)C2(C)C)C1=O. The summed E-state index contributed by atoms with van der Waals surface area (Å²) in [6, 6.07) is 0. The minimum absolute atomic E-state index is 0.0532. The van der Waals surface area contributed by atoms with Gasteiger partial charge in [-0.2, -0.15) is 5.06 Å². The molecule has 22 heavy (non-hydrogen) atoms. The summed E-state index contributed by atoms with van der Waals surface area (Å²) in [7, 11) is 0. The fourth-order valence-corrected chi connectivity index (χ4v) is 3.95. The molecule has 1 N–H and O–H groups in total. The van der Waals surface area contributed by atoms with Crippen molar-refractivity contribution in [3.63, 3.8) is 0 Å². The Balaban J connectivity index is 2.18. The van der Waals surface area contributed by atoms with Gasteiger partial charge in [0.15, 0.2) is 0 Å². The number of carbonyl (C=O) groups is 2. The standard InChI is InChI=1S/C17H30N2O3/c1-15(2,3)12-8-13(20)18(14(12)21)10-11-9-16(4,5)19(22)17(11,6)7/h11-12,22H,8-10H2,1-7H3. The van der Waals surface area contributed by atoms with Crippen LogP contribution >= 0.6 is 0 Å². The van der Waals surface area contributed by atoms with Crippen LogP contribution in [0.2, 0.25) is 0 Å². The molecular weight excluding hydrogens is 280 g/mol. The summed E-state index contributed by atoms with van der Waals surface area (Å²) in [5, 5.41) is 11.8. The van der Waals surface area contributed by atoms with Crippen molar-refractivity contribution in [3.8, 4) is 0 Å². The van der Waals surface area contributed by atoms with Gasteiger partial charge in [0, 0.05) is 24.0 Å². The van der Waals surface area contributed by atoms with E-state index in [-0.39, 0.29) is 34.6 Å². The van der Waals surface area contributed by atoms with E-state index < -0.39 is 5.54 Å². The highest BCUT2D eigenvalue weighted by molar-refractivity contribution is 6.03. The first-order valence-electron chi connectivity index (χ1n) is 8.12. The zero-order valence-electron chi connectivity index (χ0n) is 14.9. The average molecular weight is 310 g/mol. The molecule has 2 aliphatic rings. The summed E-state index contributed by atoms with van der Waals surface area (Å²) >= 11 is 0. The van der Waals surface area contributed by atoms with Crippen LogP contribution in [0.5, 0.6) is 0 Å². The van der Waals surface area contributed by atoms with Crippen LogP contribution in [-0.2, 0) is 9.59 Å². The lowest BCUT2D eigenvalue weighted by Gasteiger charge is -2.36. The maximum Gasteiger partial charge on any atom is 0.233 e. The van der Waals surface area contributed by atoms with Gasteiger partial charge in [-0.25, -0.2) is 0 Å². The lowest BCUT2D eigenvalue weighted by atomic mass is 9.80. The van der Waals surface area contributed by atoms with Crippen LogP contribution < -0.4 is 0 Å². The van der Waals surface area contributed by atoms with Crippen molar-refractivity contribution < 1.29 is 14.8 Å². The van der Waals surface area contributed by atoms with Gasteiger partial charge in [-0.1, -0.05) is 20.8 Å². The number of imide groups is 1. The topological polar surface area (TPSA) is 60.9 Å². The van der Waals surface area contributed by atoms with E-state index in [1.807, 2.05) is 48.5 Å². The van der Waals surface area contributed by atoms with Crippen LogP contribution in [0.1, 0.15) is 61.3 Å². The van der Waals surface area contributed by atoms with Crippen molar-refractivity contribution >= 4 is 11.8 Å². The minimum atomic E-state index is -0.454. The molecule has 2 amide bonds. The van der Waals surface area contributed by atoms with E-state index in [0.29, 0.717) is 13.0 Å². The van der Waals surface area contributed by atoms with E-state index >= 15 is 0 Å². The second-order valence-electron chi connectivity index (χ2n) is 9.14. The van der Waals surface area contributed by atoms with E-state index in [9.17, 15) is 14.8 Å². The van der Waals surface area contributed by atoms with E-state index in [2.05, 4.69) is 0 Å². The number of likely N-dealkylation sites (tertiary alicyclic amines) is 1. The molecule has 0 bridgehead atoms. The molecule has 0 aliphatic carbocycles. The molecule has 0 radical (unpaired) electrons. The Labute approximate surface area is 133 Å². The molecule has 126 valence electrons. The van der Waals surface area contributed by atoms with Crippen LogP contribution in [0.4, 0.5) is 0 Å². The zero-order chi connectivity index (χ0) is 17.1. The van der Waals surface area contributed by atoms with Gasteiger partial charge < -0.3 is 5.21 Å². The Kier molecular flexibility index (Phi) is 3.98. The monoisotopic (exact) mass is 310 g/mol. The van der Waals surface area contributed by atoms with Gasteiger partial charge in [0.1, 0.15) is 0 Å². The number of carbonyl (C=O) groups excluding carboxylic acids is 2. The molecule has 2 rings (SSSR count). The number of hydroxylamine groups is 2. The van der Waals surface area contributed by atoms with E-state index in [1.165, 1.54) is 9.96 Å². The Bertz CT molecular complexity index is 491. The molecule has 2 heterocycles. The van der Waals surface area contributed by atoms with E-state index in [0.717, 1.165) is 6.42 Å². The predicted octanol–water partition coefficient (Wildman–Crippen LogP) is 2.68. The van der Waals surface area contributed by atoms with Crippen LogP contribution in [0.15, 0.2) is 0 Å². The fourth-order valence-electron chi connectivity index (χ4n) is 3.95. The largest absolute Gasteiger partial charge is 0.313 e. The summed E-state index contributed by atoms with van der Waals surface area (Å²) < 4.78 is 0. The first kappa shape index (κ1) is 17.4. The normalized spacial score (nSPS) is 32.1. The van der Waals surface area contributed by atoms with Crippen LogP contribution in [0, 0.1) is 17.3 Å². The van der Waals surface area contributed by atoms with Gasteiger partial charge in [0.2, 0.25) is 11.8 Å². The number of rotatable bonds is 2. The molecule has 0 saturated carbocycles. The van der Waals surface area contributed by atoms with Gasteiger partial charge in [-0.05, 0) is 45.4 Å². The summed E-state index contributed by atoms with van der Waals surface area (Å²) in [5.74, 6) is -0.292. The molecule has 2 unspecified atom stereocenters. The van der Waals surface area contributed by atoms with Crippen LogP contribution in [0.25, 0.3) is 0 Å². The van der Waals surface area contributed by atoms with Crippen molar-refractivity contribution in [2.45, 2.75) is 72.4 Å². The highest BCUT2D eigenvalue weighted by Crippen LogP contribution is 2.45. The molecule has 2 fully saturated rings. The highest BCUT2D eigenvalue weighted by Gasteiger charge is 2.54. The maximum absolute atomic E-state index is 12.6. The Morgan fingerprint density at radius 3 is 2.09 bits per heavy atom. The smallest absolute Gasteiger partial charge is 0.233 e. The first-order chi connectivity index (χ1) is 9.78. The van der Waals surface area contributed by atoms with Gasteiger partial charge >= 0.3 is 0 Å². The van der Waals surface area contributed by atoms with Crippen molar-refractivity contribution in [2.75, 3.05) is 6.54 Å². The van der Waals surface area contributed by atoms with Crippen molar-refractivity contribution in [3.05, 3.63) is 0 Å². The van der Waals surface area contributed by atoms with Crippen molar-refractivity contribution in [1.29, 1.82) is 0 Å². The molecule has 2 atom stereocenters. The molecule has 0 spiro atoms. The third-order valence-corrected chi connectivity index (χ3v) is 5.56. The lowest BCUT2D eigenvalue weighted by molar-refractivity contribution is -0.197. The molecule has 0 aromatic carbocycles. The van der Waals surface area contributed by atoms with Crippen molar-refractivity contribution in [1.82, 2.24) is 9.96 Å². The third-order valence-electron chi connectivity index (χ3n) is 5.56. The van der Waals surface area contributed by atoms with Crippen molar-refractivity contribution in [2.24, 2.45) is 17.3 Å². The predicted molar refractivity (Wildman–Crippen MR) is 84.2 cm³/mol. The average Bonchev–Trinajstić information content (AvgIpc) is 2.70. The Hall–Kier alpha value is -0.940. The number of hydrogen-bond acceptors (Lipinski definition) is 4. The summed E-state index contributed by atoms with van der Waals surface area (Å²) in [6.07, 6.45) is 1.06. The zero-order valence-corrected chi connectivity index (χ0v) is 14.9. The molecule has 5 nitrogen and oxygen atoms in total. The van der Waals surface area contributed by atoms with Gasteiger partial charge in [0.25, 0.3) is 0 Å². The second kappa shape index (κ2) is 5.03. The van der Waals surface area contributed by atoms with Gasteiger partial charge in [-0.3, -0.25) is 14.5 Å². The number of nitrogens with zero attached hydrogens (tertiary/aromatic N) is 2. The van der Waals surface area contributed by atoms with Crippen LogP contribution in [0.3, 0.4) is 0 Å². The lowest BCUT2D eigenvalue weighted by Crippen LogP contribution is -2.49. The third kappa shape index (κ3) is 2.69. The first-order valence-corrected chi connectivity index (χ1v) is 8.12. The summed E-state index contributed by atoms with van der Waals surface area (Å²) in [4.78, 5) is 26.4. The number of amides is 2. The molecule has 2 aliphatic heterocycles. The minimum Gasteiger partial charge on any atom is -0.313 e. The van der Waals surface area contributed by atoms with Gasteiger partial charge in [0.05, 0.1) is 5.92 Å². The molecule has 0 aromatic rings. The Morgan fingerprint density at radius 2 is 1.73 bits per heavy atom. The molecule has 2 saturated heterocycles. The maximum atomic E-state index is 12.6. The highest BCUT2D eigenvalue weighted by atomic mass is 16.5. The Morgan fingerprint density at radius 1 is 1.18 bits per heavy atom. The van der Waals surface area contributed by atoms with E-state index in [4.69, 9.17) is 0 Å².